The van der Waals surface area contributed by atoms with Crippen molar-refractivity contribution in [2.45, 2.75) is 84.0 Å². The molecule has 2 heteroatoms. The molecule has 3 aliphatic rings. The molecular formula is C16H29NO. The molecule has 2 aliphatic carbocycles. The molecule has 1 atom stereocenters. The van der Waals surface area contributed by atoms with Crippen molar-refractivity contribution >= 4 is 0 Å². The second kappa shape index (κ2) is 3.96. The molecule has 0 bridgehead atoms. The Morgan fingerprint density at radius 3 is 2.17 bits per heavy atom. The molecule has 0 aromatic heterocycles. The lowest BCUT2D eigenvalue weighted by molar-refractivity contribution is -0.0355. The van der Waals surface area contributed by atoms with E-state index in [9.17, 15) is 0 Å². The van der Waals surface area contributed by atoms with Crippen molar-refractivity contribution in [2.24, 2.45) is 10.8 Å². The Bertz CT molecular complexity index is 314. The second-order valence-corrected chi connectivity index (χ2v) is 7.95. The number of nitrogens with one attached hydrogen (secondary N) is 1. The highest BCUT2D eigenvalue weighted by atomic mass is 16.5. The van der Waals surface area contributed by atoms with Gasteiger partial charge in [0.05, 0.1) is 11.7 Å². The monoisotopic (exact) mass is 251 g/mol. The molecule has 104 valence electrons. The molecule has 0 radical (unpaired) electrons. The third kappa shape index (κ3) is 1.84. The molecule has 1 aliphatic heterocycles. The summed E-state index contributed by atoms with van der Waals surface area (Å²) in [4.78, 5) is 0. The van der Waals surface area contributed by atoms with Crippen LogP contribution in [-0.2, 0) is 4.74 Å². The van der Waals surface area contributed by atoms with Gasteiger partial charge in [-0.3, -0.25) is 0 Å². The lowest BCUT2D eigenvalue weighted by Crippen LogP contribution is -2.33. The highest BCUT2D eigenvalue weighted by molar-refractivity contribution is 5.17. The Labute approximate surface area is 112 Å². The van der Waals surface area contributed by atoms with Crippen molar-refractivity contribution in [3.63, 3.8) is 0 Å². The van der Waals surface area contributed by atoms with Crippen LogP contribution >= 0.6 is 0 Å². The van der Waals surface area contributed by atoms with E-state index in [1.807, 2.05) is 0 Å². The molecule has 1 unspecified atom stereocenters. The van der Waals surface area contributed by atoms with Crippen LogP contribution in [0, 0.1) is 10.8 Å². The minimum absolute atomic E-state index is 0.293. The zero-order valence-corrected chi connectivity index (χ0v) is 12.5. The SMILES string of the molecule is CC1(C)C(NCC2CCC3(CCCC3)O2)C1(C)C. The third-order valence-corrected chi connectivity index (χ3v) is 6.42. The van der Waals surface area contributed by atoms with Crippen LogP contribution in [0.15, 0.2) is 0 Å². The predicted molar refractivity (Wildman–Crippen MR) is 74.7 cm³/mol. The molecule has 2 saturated carbocycles. The Kier molecular flexibility index (Phi) is 2.84. The topological polar surface area (TPSA) is 21.3 Å². The van der Waals surface area contributed by atoms with Crippen LogP contribution in [0.4, 0.5) is 0 Å². The van der Waals surface area contributed by atoms with Crippen LogP contribution in [0.2, 0.25) is 0 Å². The zero-order chi connectivity index (χ0) is 13.0. The maximum absolute atomic E-state index is 6.36. The fourth-order valence-electron chi connectivity index (χ4n) is 4.38. The molecule has 1 saturated heterocycles. The van der Waals surface area contributed by atoms with Crippen molar-refractivity contribution in [2.75, 3.05) is 6.54 Å². The van der Waals surface area contributed by atoms with Gasteiger partial charge in [-0.25, -0.2) is 0 Å². The van der Waals surface area contributed by atoms with Gasteiger partial charge in [-0.05, 0) is 36.5 Å². The van der Waals surface area contributed by atoms with E-state index in [1.165, 1.54) is 38.5 Å². The first-order valence-electron chi connectivity index (χ1n) is 7.79. The van der Waals surface area contributed by atoms with Gasteiger partial charge in [-0.1, -0.05) is 40.5 Å². The van der Waals surface area contributed by atoms with Gasteiger partial charge in [-0.2, -0.15) is 0 Å². The summed E-state index contributed by atoms with van der Waals surface area (Å²) in [5, 5.41) is 3.76. The summed E-state index contributed by atoms with van der Waals surface area (Å²) in [7, 11) is 0. The number of hydrogen-bond acceptors (Lipinski definition) is 2. The zero-order valence-electron chi connectivity index (χ0n) is 12.5. The van der Waals surface area contributed by atoms with Crippen LogP contribution in [-0.4, -0.2) is 24.3 Å². The van der Waals surface area contributed by atoms with Crippen molar-refractivity contribution in [3.8, 4) is 0 Å². The molecule has 0 aromatic rings. The van der Waals surface area contributed by atoms with Gasteiger partial charge in [0.1, 0.15) is 0 Å². The fourth-order valence-corrected chi connectivity index (χ4v) is 4.38. The summed E-state index contributed by atoms with van der Waals surface area (Å²) in [6.45, 7) is 10.5. The van der Waals surface area contributed by atoms with Gasteiger partial charge in [0.15, 0.2) is 0 Å². The number of hydrogen-bond donors (Lipinski definition) is 1. The van der Waals surface area contributed by atoms with Crippen LogP contribution in [0.3, 0.4) is 0 Å². The van der Waals surface area contributed by atoms with Crippen LogP contribution in [0.25, 0.3) is 0 Å². The average Bonchev–Trinajstić information content (AvgIpc) is 2.79. The minimum Gasteiger partial charge on any atom is -0.370 e. The predicted octanol–water partition coefficient (Wildman–Crippen LogP) is 3.50. The first-order chi connectivity index (χ1) is 8.37. The normalized spacial score (nSPS) is 36.3. The van der Waals surface area contributed by atoms with Crippen molar-refractivity contribution in [1.29, 1.82) is 0 Å². The standard InChI is InChI=1S/C16H29NO/c1-14(2)13(15(14,3)4)17-11-12-7-10-16(18-12)8-5-6-9-16/h12-13,17H,5-11H2,1-4H3. The first-order valence-corrected chi connectivity index (χ1v) is 7.79. The molecule has 1 heterocycles. The van der Waals surface area contributed by atoms with Crippen LogP contribution in [0.1, 0.15) is 66.2 Å². The Hall–Kier alpha value is -0.0800. The van der Waals surface area contributed by atoms with Crippen LogP contribution in [0.5, 0.6) is 0 Å². The molecule has 0 aromatic carbocycles. The molecule has 2 nitrogen and oxygen atoms in total. The van der Waals surface area contributed by atoms with E-state index in [-0.39, 0.29) is 0 Å². The van der Waals surface area contributed by atoms with Crippen molar-refractivity contribution in [1.82, 2.24) is 5.32 Å². The third-order valence-electron chi connectivity index (χ3n) is 6.42. The van der Waals surface area contributed by atoms with E-state index < -0.39 is 0 Å². The van der Waals surface area contributed by atoms with E-state index in [1.54, 1.807) is 0 Å². The summed E-state index contributed by atoms with van der Waals surface area (Å²) in [6.07, 6.45) is 8.41. The summed E-state index contributed by atoms with van der Waals surface area (Å²) < 4.78 is 6.36. The molecule has 18 heavy (non-hydrogen) atoms. The summed E-state index contributed by atoms with van der Waals surface area (Å²) in [5.74, 6) is 0. The summed E-state index contributed by atoms with van der Waals surface area (Å²) in [6, 6.07) is 0.661. The second-order valence-electron chi connectivity index (χ2n) is 7.95. The minimum atomic E-state index is 0.293. The summed E-state index contributed by atoms with van der Waals surface area (Å²) in [5.41, 5.74) is 1.17. The van der Waals surface area contributed by atoms with Crippen LogP contribution < -0.4 is 5.32 Å². The van der Waals surface area contributed by atoms with E-state index in [4.69, 9.17) is 4.74 Å². The van der Waals surface area contributed by atoms with Gasteiger partial charge < -0.3 is 10.1 Å². The fraction of sp³-hybridized carbons (Fsp3) is 1.00. The van der Waals surface area contributed by atoms with Gasteiger partial charge in [0.25, 0.3) is 0 Å². The molecule has 3 rings (SSSR count). The van der Waals surface area contributed by atoms with Gasteiger partial charge in [0.2, 0.25) is 0 Å². The average molecular weight is 251 g/mol. The highest BCUT2D eigenvalue weighted by Gasteiger charge is 2.64. The maximum Gasteiger partial charge on any atom is 0.0708 e. The van der Waals surface area contributed by atoms with E-state index in [0.29, 0.717) is 28.6 Å². The van der Waals surface area contributed by atoms with E-state index in [0.717, 1.165) is 6.54 Å². The molecule has 3 fully saturated rings. The van der Waals surface area contributed by atoms with E-state index >= 15 is 0 Å². The number of rotatable bonds is 3. The summed E-state index contributed by atoms with van der Waals surface area (Å²) >= 11 is 0. The first kappa shape index (κ1) is 12.9. The lowest BCUT2D eigenvalue weighted by atomic mass is 9.98. The Balaban J connectivity index is 1.48. The number of ether oxygens (including phenoxy) is 1. The maximum atomic E-state index is 6.36. The quantitative estimate of drug-likeness (QED) is 0.829. The molecule has 0 amide bonds. The largest absolute Gasteiger partial charge is 0.370 e. The molecule has 1 spiro atoms. The van der Waals surface area contributed by atoms with Gasteiger partial charge >= 0.3 is 0 Å². The smallest absolute Gasteiger partial charge is 0.0708 e. The van der Waals surface area contributed by atoms with E-state index in [2.05, 4.69) is 33.0 Å². The Morgan fingerprint density at radius 1 is 1.00 bits per heavy atom. The Morgan fingerprint density at radius 2 is 1.61 bits per heavy atom. The highest BCUT2D eigenvalue weighted by Crippen LogP contribution is 2.62. The molecular weight excluding hydrogens is 222 g/mol. The van der Waals surface area contributed by atoms with Gasteiger partial charge in [-0.15, -0.1) is 0 Å². The lowest BCUT2D eigenvalue weighted by Gasteiger charge is -2.24. The van der Waals surface area contributed by atoms with Gasteiger partial charge in [0, 0.05) is 12.6 Å². The molecule has 1 N–H and O–H groups in total. The van der Waals surface area contributed by atoms with Crippen molar-refractivity contribution < 1.29 is 4.74 Å². The van der Waals surface area contributed by atoms with Crippen molar-refractivity contribution in [3.05, 3.63) is 0 Å².